The van der Waals surface area contributed by atoms with Crippen LogP contribution in [-0.2, 0) is 17.6 Å². The average Bonchev–Trinajstić information content (AvgIpc) is 3.03. The summed E-state index contributed by atoms with van der Waals surface area (Å²) in [6.07, 6.45) is 3.29. The number of fused-ring (bicyclic) bond motifs is 1. The summed E-state index contributed by atoms with van der Waals surface area (Å²) >= 11 is 6.12. The van der Waals surface area contributed by atoms with E-state index in [1.165, 1.54) is 17.7 Å². The lowest BCUT2D eigenvalue weighted by Crippen LogP contribution is -2.37. The molecule has 5 heteroatoms. The van der Waals surface area contributed by atoms with Crippen LogP contribution >= 0.6 is 11.6 Å². The molecule has 2 heterocycles. The van der Waals surface area contributed by atoms with Crippen molar-refractivity contribution in [2.24, 2.45) is 0 Å². The first-order valence-electron chi connectivity index (χ1n) is 7.80. The van der Waals surface area contributed by atoms with Crippen molar-refractivity contribution < 1.29 is 4.74 Å². The van der Waals surface area contributed by atoms with Crippen molar-refractivity contribution in [2.45, 2.75) is 19.3 Å². The van der Waals surface area contributed by atoms with Crippen molar-refractivity contribution >= 4 is 17.4 Å². The van der Waals surface area contributed by atoms with Crippen LogP contribution in [0, 0.1) is 0 Å². The number of aromatic nitrogens is 2. The molecule has 1 aromatic heterocycles. The van der Waals surface area contributed by atoms with Crippen molar-refractivity contribution in [3.8, 4) is 11.4 Å². The highest BCUT2D eigenvalue weighted by atomic mass is 35.5. The number of aryl methyl sites for hydroxylation is 1. The highest BCUT2D eigenvalue weighted by Gasteiger charge is 2.24. The van der Waals surface area contributed by atoms with E-state index in [1.807, 2.05) is 24.3 Å². The summed E-state index contributed by atoms with van der Waals surface area (Å²) in [6.45, 7) is 3.34. The molecule has 2 aliphatic rings. The van der Waals surface area contributed by atoms with Gasteiger partial charge in [-0.15, -0.1) is 0 Å². The smallest absolute Gasteiger partial charge is 0.161 e. The highest BCUT2D eigenvalue weighted by molar-refractivity contribution is 6.30. The van der Waals surface area contributed by atoms with Gasteiger partial charge in [0.1, 0.15) is 5.82 Å². The molecule has 0 amide bonds. The molecule has 1 aliphatic carbocycles. The van der Waals surface area contributed by atoms with Crippen molar-refractivity contribution in [2.75, 3.05) is 31.2 Å². The first-order chi connectivity index (χ1) is 10.8. The van der Waals surface area contributed by atoms with Gasteiger partial charge >= 0.3 is 0 Å². The highest BCUT2D eigenvalue weighted by Crippen LogP contribution is 2.32. The van der Waals surface area contributed by atoms with Crippen LogP contribution in [0.4, 0.5) is 5.82 Å². The fraction of sp³-hybridized carbons (Fsp3) is 0.412. The standard InChI is InChI=1S/C17H18ClN3O/c18-13-4-1-3-12(11-13)16-19-15-6-2-5-14(15)17(20-16)21-7-9-22-10-8-21/h1,3-4,11H,2,5-10H2. The minimum Gasteiger partial charge on any atom is -0.378 e. The predicted molar refractivity (Wildman–Crippen MR) is 87.5 cm³/mol. The molecule has 0 saturated carbocycles. The van der Waals surface area contributed by atoms with Crippen LogP contribution in [0.15, 0.2) is 24.3 Å². The minimum atomic E-state index is 0.717. The Balaban J connectivity index is 1.80. The number of anilines is 1. The van der Waals surface area contributed by atoms with E-state index >= 15 is 0 Å². The third-order valence-corrected chi connectivity index (χ3v) is 4.54. The summed E-state index contributed by atoms with van der Waals surface area (Å²) in [5.41, 5.74) is 3.51. The summed E-state index contributed by atoms with van der Waals surface area (Å²) in [6, 6.07) is 7.77. The lowest BCUT2D eigenvalue weighted by atomic mass is 10.1. The molecule has 1 aliphatic heterocycles. The number of rotatable bonds is 2. The van der Waals surface area contributed by atoms with E-state index in [0.29, 0.717) is 0 Å². The zero-order chi connectivity index (χ0) is 14.9. The number of hydrogen-bond acceptors (Lipinski definition) is 4. The number of halogens is 1. The van der Waals surface area contributed by atoms with Gasteiger partial charge in [0.15, 0.2) is 5.82 Å². The Hall–Kier alpha value is -1.65. The van der Waals surface area contributed by atoms with Gasteiger partial charge in [0, 0.05) is 34.9 Å². The second-order valence-electron chi connectivity index (χ2n) is 5.76. The zero-order valence-electron chi connectivity index (χ0n) is 12.4. The van der Waals surface area contributed by atoms with Crippen molar-refractivity contribution in [1.82, 2.24) is 9.97 Å². The largest absolute Gasteiger partial charge is 0.378 e. The third-order valence-electron chi connectivity index (χ3n) is 4.30. The maximum atomic E-state index is 6.12. The lowest BCUT2D eigenvalue weighted by Gasteiger charge is -2.29. The fourth-order valence-electron chi connectivity index (χ4n) is 3.21. The van der Waals surface area contributed by atoms with Gasteiger partial charge in [-0.2, -0.15) is 0 Å². The van der Waals surface area contributed by atoms with Gasteiger partial charge in [-0.25, -0.2) is 9.97 Å². The van der Waals surface area contributed by atoms with Crippen molar-refractivity contribution in [3.05, 3.63) is 40.5 Å². The van der Waals surface area contributed by atoms with Crippen LogP contribution in [0.25, 0.3) is 11.4 Å². The van der Waals surface area contributed by atoms with Crippen molar-refractivity contribution in [3.63, 3.8) is 0 Å². The summed E-state index contributed by atoms with van der Waals surface area (Å²) in [5, 5.41) is 0.717. The molecular weight excluding hydrogens is 298 g/mol. The Morgan fingerprint density at radius 1 is 1.09 bits per heavy atom. The number of nitrogens with zero attached hydrogens (tertiary/aromatic N) is 3. The summed E-state index contributed by atoms with van der Waals surface area (Å²) in [5.74, 6) is 1.88. The van der Waals surface area contributed by atoms with E-state index < -0.39 is 0 Å². The lowest BCUT2D eigenvalue weighted by molar-refractivity contribution is 0.122. The number of benzene rings is 1. The molecule has 22 heavy (non-hydrogen) atoms. The number of morpholine rings is 1. The molecule has 0 bridgehead atoms. The van der Waals surface area contributed by atoms with Gasteiger partial charge < -0.3 is 9.64 Å². The Morgan fingerprint density at radius 2 is 1.95 bits per heavy atom. The second kappa shape index (κ2) is 5.86. The fourth-order valence-corrected chi connectivity index (χ4v) is 3.40. The average molecular weight is 316 g/mol. The van der Waals surface area contributed by atoms with Crippen LogP contribution in [0.5, 0.6) is 0 Å². The van der Waals surface area contributed by atoms with Crippen LogP contribution < -0.4 is 4.90 Å². The van der Waals surface area contributed by atoms with Crippen LogP contribution in [0.2, 0.25) is 5.02 Å². The Bertz CT molecular complexity index is 698. The SMILES string of the molecule is Clc1cccc(-c2nc3c(c(N4CCOCC4)n2)CCC3)c1. The maximum absolute atomic E-state index is 6.12. The summed E-state index contributed by atoms with van der Waals surface area (Å²) in [4.78, 5) is 12.0. The van der Waals surface area contributed by atoms with E-state index in [-0.39, 0.29) is 0 Å². The molecule has 4 nitrogen and oxygen atoms in total. The molecule has 0 N–H and O–H groups in total. The quantitative estimate of drug-likeness (QED) is 0.853. The van der Waals surface area contributed by atoms with E-state index in [4.69, 9.17) is 26.3 Å². The van der Waals surface area contributed by atoms with Gasteiger partial charge in [0.25, 0.3) is 0 Å². The van der Waals surface area contributed by atoms with Crippen LogP contribution in [0.1, 0.15) is 17.7 Å². The van der Waals surface area contributed by atoms with E-state index in [2.05, 4.69) is 4.90 Å². The molecule has 1 fully saturated rings. The summed E-state index contributed by atoms with van der Waals surface area (Å²) in [7, 11) is 0. The van der Waals surface area contributed by atoms with Gasteiger partial charge in [0.2, 0.25) is 0 Å². The van der Waals surface area contributed by atoms with E-state index in [1.54, 1.807) is 0 Å². The Labute approximate surface area is 135 Å². The van der Waals surface area contributed by atoms with Gasteiger partial charge in [-0.3, -0.25) is 0 Å². The Kier molecular flexibility index (Phi) is 3.72. The number of ether oxygens (including phenoxy) is 1. The normalized spacial score (nSPS) is 17.6. The van der Waals surface area contributed by atoms with E-state index in [9.17, 15) is 0 Å². The molecule has 0 unspecified atom stereocenters. The van der Waals surface area contributed by atoms with Gasteiger partial charge in [-0.1, -0.05) is 23.7 Å². The molecule has 0 radical (unpaired) electrons. The Morgan fingerprint density at radius 3 is 2.77 bits per heavy atom. The monoisotopic (exact) mass is 315 g/mol. The zero-order valence-corrected chi connectivity index (χ0v) is 13.1. The molecule has 2 aromatic rings. The van der Waals surface area contributed by atoms with E-state index in [0.717, 1.165) is 61.4 Å². The van der Waals surface area contributed by atoms with Crippen LogP contribution in [0.3, 0.4) is 0 Å². The van der Waals surface area contributed by atoms with Gasteiger partial charge in [0.05, 0.1) is 13.2 Å². The molecule has 1 aromatic carbocycles. The summed E-state index contributed by atoms with van der Waals surface area (Å²) < 4.78 is 5.47. The van der Waals surface area contributed by atoms with Gasteiger partial charge in [-0.05, 0) is 31.4 Å². The topological polar surface area (TPSA) is 38.2 Å². The molecule has 1 saturated heterocycles. The second-order valence-corrected chi connectivity index (χ2v) is 6.20. The maximum Gasteiger partial charge on any atom is 0.161 e. The molecular formula is C17H18ClN3O. The van der Waals surface area contributed by atoms with Crippen molar-refractivity contribution in [1.29, 1.82) is 0 Å². The number of hydrogen-bond donors (Lipinski definition) is 0. The predicted octanol–water partition coefficient (Wildman–Crippen LogP) is 3.12. The molecule has 114 valence electrons. The molecule has 0 spiro atoms. The minimum absolute atomic E-state index is 0.717. The van der Waals surface area contributed by atoms with Crippen LogP contribution in [-0.4, -0.2) is 36.3 Å². The first-order valence-corrected chi connectivity index (χ1v) is 8.17. The molecule has 4 rings (SSSR count). The molecule has 0 atom stereocenters. The third kappa shape index (κ3) is 2.57. The first kappa shape index (κ1) is 14.0.